The Morgan fingerprint density at radius 3 is 2.20 bits per heavy atom. The number of benzene rings is 1. The third-order valence-electron chi connectivity index (χ3n) is 5.76. The molecule has 0 saturated carbocycles. The van der Waals surface area contributed by atoms with E-state index in [-0.39, 0.29) is 11.8 Å². The molecule has 1 fully saturated rings. The number of alkyl halides is 3. The smallest absolute Gasteiger partial charge is 0.320 e. The summed E-state index contributed by atoms with van der Waals surface area (Å²) in [6.45, 7) is 9.18. The Morgan fingerprint density at radius 2 is 1.70 bits per heavy atom. The number of pyridine rings is 1. The lowest BCUT2D eigenvalue weighted by atomic mass is 9.98. The van der Waals surface area contributed by atoms with Crippen LogP contribution in [0.3, 0.4) is 0 Å². The van der Waals surface area contributed by atoms with E-state index in [0.29, 0.717) is 24.8 Å². The van der Waals surface area contributed by atoms with Crippen LogP contribution >= 0.6 is 0 Å². The maximum absolute atomic E-state index is 12.9. The first-order valence-electron chi connectivity index (χ1n) is 10.5. The number of nitrogens with one attached hydrogen (secondary N) is 2. The van der Waals surface area contributed by atoms with Crippen LogP contribution in [0.5, 0.6) is 0 Å². The average Bonchev–Trinajstić information content (AvgIpc) is 2.72. The molecular formula is C23H30F3N3O+2. The fourth-order valence-electron chi connectivity index (χ4n) is 3.97. The van der Waals surface area contributed by atoms with Crippen LogP contribution in [-0.2, 0) is 12.6 Å². The van der Waals surface area contributed by atoms with Crippen LogP contribution in [-0.4, -0.2) is 38.0 Å². The summed E-state index contributed by atoms with van der Waals surface area (Å²) in [4.78, 5) is 18.9. The highest BCUT2D eigenvalue weighted by atomic mass is 19.4. The van der Waals surface area contributed by atoms with Crippen LogP contribution in [0.15, 0.2) is 42.6 Å². The van der Waals surface area contributed by atoms with Gasteiger partial charge in [-0.25, -0.2) is 4.98 Å². The van der Waals surface area contributed by atoms with E-state index >= 15 is 0 Å². The number of carbonyl (C=O) groups excluding carboxylic acids is 1. The van der Waals surface area contributed by atoms with E-state index in [1.807, 2.05) is 36.1 Å². The zero-order chi connectivity index (χ0) is 21.9. The number of hydrogen-bond acceptors (Lipinski definition) is 2. The summed E-state index contributed by atoms with van der Waals surface area (Å²) < 4.78 is 38.2. The van der Waals surface area contributed by atoms with E-state index in [9.17, 15) is 18.0 Å². The molecule has 30 heavy (non-hydrogen) atoms. The molecule has 2 heterocycles. The maximum Gasteiger partial charge on any atom is 0.419 e. The van der Waals surface area contributed by atoms with Gasteiger partial charge < -0.3 is 4.90 Å². The number of nitrogens with zero attached hydrogens (tertiary/aromatic N) is 1. The zero-order valence-corrected chi connectivity index (χ0v) is 17.7. The number of Topliss-reactive ketones (excluding diaryl/α,β-unsaturated/α-hetero) is 1. The van der Waals surface area contributed by atoms with Crippen molar-refractivity contribution in [1.29, 1.82) is 0 Å². The van der Waals surface area contributed by atoms with Gasteiger partial charge in [-0.2, -0.15) is 13.2 Å². The van der Waals surface area contributed by atoms with Crippen molar-refractivity contribution in [3.8, 4) is 0 Å². The lowest BCUT2D eigenvalue weighted by molar-refractivity contribution is -0.914. The molecule has 1 saturated heterocycles. The molecule has 3 rings (SSSR count). The first kappa shape index (κ1) is 22.3. The van der Waals surface area contributed by atoms with Gasteiger partial charge in [0.25, 0.3) is 5.82 Å². The third kappa shape index (κ3) is 5.39. The van der Waals surface area contributed by atoms with E-state index in [0.717, 1.165) is 37.3 Å². The monoisotopic (exact) mass is 421 g/mol. The summed E-state index contributed by atoms with van der Waals surface area (Å²) in [6, 6.07) is 10.3. The molecule has 0 spiro atoms. The number of carbonyl (C=O) groups is 1. The third-order valence-corrected chi connectivity index (χ3v) is 5.76. The number of quaternary nitrogens is 1. The van der Waals surface area contributed by atoms with Crippen molar-refractivity contribution in [2.75, 3.05) is 31.1 Å². The van der Waals surface area contributed by atoms with Gasteiger partial charge in [0, 0.05) is 11.6 Å². The number of halogens is 3. The summed E-state index contributed by atoms with van der Waals surface area (Å²) in [5.74, 6) is 1.38. The molecule has 0 amide bonds. The number of ketones is 1. The predicted octanol–water partition coefficient (Wildman–Crippen LogP) is 2.69. The second kappa shape index (κ2) is 9.16. The lowest BCUT2D eigenvalue weighted by Gasteiger charge is -2.31. The van der Waals surface area contributed by atoms with Crippen LogP contribution in [0.4, 0.5) is 19.0 Å². The SMILES string of the molecule is CC(C)Cc1ccc(C(=O)[C@@H](C)[NH+]2CCN(c3ccc(C(F)(F)F)c[nH+]3)CC2)cc1. The molecule has 0 radical (unpaired) electrons. The molecule has 1 aliphatic heterocycles. The zero-order valence-electron chi connectivity index (χ0n) is 17.7. The molecule has 4 nitrogen and oxygen atoms in total. The van der Waals surface area contributed by atoms with Gasteiger partial charge in [-0.15, -0.1) is 0 Å². The maximum atomic E-state index is 12.9. The van der Waals surface area contributed by atoms with E-state index in [1.165, 1.54) is 16.5 Å². The molecule has 0 bridgehead atoms. The van der Waals surface area contributed by atoms with Gasteiger partial charge in [0.1, 0.15) is 38.4 Å². The molecule has 1 aromatic carbocycles. The fourth-order valence-corrected chi connectivity index (χ4v) is 3.97. The summed E-state index contributed by atoms with van der Waals surface area (Å²) in [5.41, 5.74) is 1.29. The molecule has 1 aromatic heterocycles. The highest BCUT2D eigenvalue weighted by Crippen LogP contribution is 2.28. The molecule has 1 aliphatic rings. The molecular weight excluding hydrogens is 391 g/mol. The van der Waals surface area contributed by atoms with Gasteiger partial charge in [-0.05, 0) is 30.9 Å². The minimum absolute atomic E-state index is 0.135. The minimum atomic E-state index is -4.35. The molecule has 1 atom stereocenters. The van der Waals surface area contributed by atoms with Crippen LogP contribution in [0.25, 0.3) is 0 Å². The summed E-state index contributed by atoms with van der Waals surface area (Å²) >= 11 is 0. The summed E-state index contributed by atoms with van der Waals surface area (Å²) in [7, 11) is 0. The number of anilines is 1. The average molecular weight is 422 g/mol. The lowest BCUT2D eigenvalue weighted by Crippen LogP contribution is -3.18. The van der Waals surface area contributed by atoms with Crippen molar-refractivity contribution in [1.82, 2.24) is 0 Å². The summed E-state index contributed by atoms with van der Waals surface area (Å²) in [6.07, 6.45) is -2.34. The van der Waals surface area contributed by atoms with Crippen molar-refractivity contribution < 1.29 is 27.8 Å². The Bertz CT molecular complexity index is 839. The van der Waals surface area contributed by atoms with E-state index in [2.05, 4.69) is 18.8 Å². The van der Waals surface area contributed by atoms with Crippen molar-refractivity contribution >= 4 is 11.6 Å². The Hall–Kier alpha value is -2.41. The van der Waals surface area contributed by atoms with Gasteiger partial charge in [0.2, 0.25) is 5.78 Å². The number of aromatic nitrogens is 1. The van der Waals surface area contributed by atoms with Crippen LogP contribution in [0.1, 0.15) is 42.3 Å². The molecule has 7 heteroatoms. The van der Waals surface area contributed by atoms with Gasteiger partial charge >= 0.3 is 6.18 Å². The van der Waals surface area contributed by atoms with Gasteiger partial charge in [0.15, 0.2) is 0 Å². The van der Waals surface area contributed by atoms with E-state index in [4.69, 9.17) is 0 Å². The molecule has 0 aliphatic carbocycles. The van der Waals surface area contributed by atoms with Crippen LogP contribution in [0, 0.1) is 5.92 Å². The predicted molar refractivity (Wildman–Crippen MR) is 110 cm³/mol. The van der Waals surface area contributed by atoms with Gasteiger partial charge in [-0.1, -0.05) is 38.1 Å². The first-order chi connectivity index (χ1) is 14.1. The largest absolute Gasteiger partial charge is 0.419 e. The highest BCUT2D eigenvalue weighted by Gasteiger charge is 2.35. The second-order valence-electron chi connectivity index (χ2n) is 8.49. The Labute approximate surface area is 175 Å². The number of aromatic amines is 1. The molecule has 0 unspecified atom stereocenters. The van der Waals surface area contributed by atoms with Gasteiger partial charge in [0.05, 0.1) is 5.56 Å². The Balaban J connectivity index is 1.57. The van der Waals surface area contributed by atoms with E-state index in [1.54, 1.807) is 0 Å². The van der Waals surface area contributed by atoms with Gasteiger partial charge in [-0.3, -0.25) is 9.69 Å². The number of H-pyrrole nitrogens is 1. The topological polar surface area (TPSA) is 38.9 Å². The quantitative estimate of drug-likeness (QED) is 0.729. The normalized spacial score (nSPS) is 16.7. The Morgan fingerprint density at radius 1 is 1.07 bits per heavy atom. The summed E-state index contributed by atoms with van der Waals surface area (Å²) in [5, 5.41) is 0. The second-order valence-corrected chi connectivity index (χ2v) is 8.49. The molecule has 162 valence electrons. The minimum Gasteiger partial charge on any atom is -0.320 e. The van der Waals surface area contributed by atoms with Crippen molar-refractivity contribution in [3.63, 3.8) is 0 Å². The van der Waals surface area contributed by atoms with Crippen molar-refractivity contribution in [2.45, 2.75) is 39.4 Å². The standard InChI is InChI=1S/C23H28F3N3O/c1-16(2)14-18-4-6-19(7-5-18)22(30)17(3)28-10-12-29(13-11-28)21-9-8-20(15-27-21)23(24,25)26/h4-9,15-17H,10-14H2,1-3H3/p+2/t17-/m1/s1. The van der Waals surface area contributed by atoms with Crippen LogP contribution < -0.4 is 14.8 Å². The fraction of sp³-hybridized carbons (Fsp3) is 0.478. The number of rotatable bonds is 6. The number of hydrogen-bond donors (Lipinski definition) is 1. The Kier molecular flexibility index (Phi) is 6.81. The van der Waals surface area contributed by atoms with E-state index < -0.39 is 11.7 Å². The van der Waals surface area contributed by atoms with Crippen molar-refractivity contribution in [2.24, 2.45) is 5.92 Å². The highest BCUT2D eigenvalue weighted by molar-refractivity contribution is 5.99. The van der Waals surface area contributed by atoms with Crippen LogP contribution in [0.2, 0.25) is 0 Å². The van der Waals surface area contributed by atoms with Crippen molar-refractivity contribution in [3.05, 3.63) is 59.3 Å². The first-order valence-corrected chi connectivity index (χ1v) is 10.5. The molecule has 2 N–H and O–H groups in total. The molecule has 2 aromatic rings. The number of piperazine rings is 1.